The molecule has 0 bridgehead atoms. The Hall–Kier alpha value is -2.33. The Bertz CT molecular complexity index is 839. The molecule has 1 saturated carbocycles. The summed E-state index contributed by atoms with van der Waals surface area (Å²) in [6.07, 6.45) is 1.10. The van der Waals surface area contributed by atoms with Crippen LogP contribution in [-0.2, 0) is 9.59 Å². The van der Waals surface area contributed by atoms with E-state index in [-0.39, 0.29) is 11.8 Å². The molecule has 2 N–H and O–H groups in total. The van der Waals surface area contributed by atoms with Gasteiger partial charge in [-0.15, -0.1) is 0 Å². The van der Waals surface area contributed by atoms with Crippen molar-refractivity contribution < 1.29 is 9.59 Å². The minimum Gasteiger partial charge on any atom is -0.325 e. The highest BCUT2D eigenvalue weighted by Gasteiger charge is 2.56. The number of rotatable bonds is 4. The average molecular weight is 357 g/mol. The summed E-state index contributed by atoms with van der Waals surface area (Å²) in [5, 5.41) is 6.33. The third-order valence-corrected chi connectivity index (χ3v) is 5.16. The van der Waals surface area contributed by atoms with Crippen LogP contribution < -0.4 is 10.6 Å². The highest BCUT2D eigenvalue weighted by molar-refractivity contribution is 6.31. The molecule has 0 atom stereocenters. The van der Waals surface area contributed by atoms with Crippen LogP contribution in [0.3, 0.4) is 0 Å². The Kier molecular flexibility index (Phi) is 4.56. The van der Waals surface area contributed by atoms with E-state index >= 15 is 0 Å². The van der Waals surface area contributed by atoms with Crippen molar-refractivity contribution in [1.82, 2.24) is 0 Å². The molecular formula is C20H21ClN2O2. The van der Waals surface area contributed by atoms with Crippen LogP contribution in [0.2, 0.25) is 5.02 Å². The first-order valence-electron chi connectivity index (χ1n) is 8.29. The summed E-state index contributed by atoms with van der Waals surface area (Å²) in [4.78, 5) is 25.5. The van der Waals surface area contributed by atoms with Gasteiger partial charge in [-0.2, -0.15) is 0 Å². The summed E-state index contributed by atoms with van der Waals surface area (Å²) >= 11 is 6.00. The summed E-state index contributed by atoms with van der Waals surface area (Å²) < 4.78 is 0. The third-order valence-electron chi connectivity index (χ3n) is 4.92. The largest absolute Gasteiger partial charge is 0.325 e. The molecule has 0 unspecified atom stereocenters. The van der Waals surface area contributed by atoms with E-state index in [2.05, 4.69) is 10.6 Å². The van der Waals surface area contributed by atoms with Gasteiger partial charge in [0, 0.05) is 16.4 Å². The predicted molar refractivity (Wildman–Crippen MR) is 101 cm³/mol. The fourth-order valence-corrected chi connectivity index (χ4v) is 2.95. The number of benzene rings is 2. The summed E-state index contributed by atoms with van der Waals surface area (Å²) in [5.74, 6) is -0.529. The lowest BCUT2D eigenvalue weighted by Crippen LogP contribution is -2.36. The van der Waals surface area contributed by atoms with Crippen LogP contribution >= 0.6 is 11.6 Å². The van der Waals surface area contributed by atoms with Crippen LogP contribution in [0.25, 0.3) is 0 Å². The number of nitrogens with one attached hydrogen (secondary N) is 2. The van der Waals surface area contributed by atoms with E-state index in [9.17, 15) is 9.59 Å². The van der Waals surface area contributed by atoms with Crippen molar-refractivity contribution in [1.29, 1.82) is 0 Å². The van der Waals surface area contributed by atoms with E-state index in [0.717, 1.165) is 22.4 Å². The SMILES string of the molecule is Cc1ccc(Cl)cc1NC(=O)C1(C(=O)Nc2cccc(C)c2C)CC1. The van der Waals surface area contributed by atoms with Gasteiger partial charge in [0.25, 0.3) is 0 Å². The van der Waals surface area contributed by atoms with Gasteiger partial charge in [0.2, 0.25) is 11.8 Å². The Morgan fingerprint density at radius 1 is 0.920 bits per heavy atom. The standard InChI is InChI=1S/C20H21ClN2O2/c1-12-5-4-6-16(14(12)3)22-18(24)20(9-10-20)19(25)23-17-11-15(21)8-7-13(17)2/h4-8,11H,9-10H2,1-3H3,(H,22,24)(H,23,25). The van der Waals surface area contributed by atoms with Crippen molar-refractivity contribution in [3.05, 3.63) is 58.1 Å². The summed E-state index contributed by atoms with van der Waals surface area (Å²) in [6.45, 7) is 5.84. The minimum absolute atomic E-state index is 0.251. The van der Waals surface area contributed by atoms with E-state index < -0.39 is 5.41 Å². The van der Waals surface area contributed by atoms with Gasteiger partial charge >= 0.3 is 0 Å². The molecule has 0 aromatic heterocycles. The molecule has 1 aliphatic carbocycles. The monoisotopic (exact) mass is 356 g/mol. The summed E-state index contributed by atoms with van der Waals surface area (Å²) in [7, 11) is 0. The molecule has 0 saturated heterocycles. The van der Waals surface area contributed by atoms with Gasteiger partial charge in [-0.05, 0) is 68.5 Å². The van der Waals surface area contributed by atoms with Gasteiger partial charge in [0.05, 0.1) is 0 Å². The number of aryl methyl sites for hydroxylation is 2. The molecule has 0 heterocycles. The second-order valence-corrected chi connectivity index (χ2v) is 7.13. The maximum Gasteiger partial charge on any atom is 0.240 e. The van der Waals surface area contributed by atoms with Gasteiger partial charge < -0.3 is 10.6 Å². The zero-order valence-corrected chi connectivity index (χ0v) is 15.3. The van der Waals surface area contributed by atoms with E-state index in [1.807, 2.05) is 45.0 Å². The molecule has 0 radical (unpaired) electrons. The lowest BCUT2D eigenvalue weighted by atomic mass is 10.0. The molecule has 1 aliphatic rings. The number of carbonyl (C=O) groups is 2. The lowest BCUT2D eigenvalue weighted by molar-refractivity contribution is -0.131. The number of carbonyl (C=O) groups excluding carboxylic acids is 2. The molecule has 130 valence electrons. The minimum atomic E-state index is -0.995. The molecule has 2 aromatic rings. The van der Waals surface area contributed by atoms with Gasteiger partial charge in [0.1, 0.15) is 5.41 Å². The quantitative estimate of drug-likeness (QED) is 0.785. The molecule has 3 rings (SSSR count). The van der Waals surface area contributed by atoms with Crippen LogP contribution in [0, 0.1) is 26.2 Å². The van der Waals surface area contributed by atoms with Gasteiger partial charge in [0.15, 0.2) is 0 Å². The maximum absolute atomic E-state index is 12.7. The number of anilines is 2. The van der Waals surface area contributed by atoms with E-state index in [1.54, 1.807) is 12.1 Å². The number of amides is 2. The Morgan fingerprint density at radius 2 is 1.56 bits per heavy atom. The van der Waals surface area contributed by atoms with Gasteiger partial charge in [-0.25, -0.2) is 0 Å². The topological polar surface area (TPSA) is 58.2 Å². The molecule has 5 heteroatoms. The van der Waals surface area contributed by atoms with E-state index in [1.165, 1.54) is 0 Å². The molecule has 2 amide bonds. The maximum atomic E-state index is 12.7. The van der Waals surface area contributed by atoms with Crippen LogP contribution in [-0.4, -0.2) is 11.8 Å². The second-order valence-electron chi connectivity index (χ2n) is 6.70. The third kappa shape index (κ3) is 3.40. The molecule has 25 heavy (non-hydrogen) atoms. The smallest absolute Gasteiger partial charge is 0.240 e. The number of hydrogen-bond acceptors (Lipinski definition) is 2. The van der Waals surface area contributed by atoms with Crippen LogP contribution in [0.1, 0.15) is 29.5 Å². The van der Waals surface area contributed by atoms with Crippen molar-refractivity contribution in [3.63, 3.8) is 0 Å². The first kappa shape index (κ1) is 17.5. The predicted octanol–water partition coefficient (Wildman–Crippen LogP) is 4.62. The molecule has 4 nitrogen and oxygen atoms in total. The Labute approximate surface area is 152 Å². The zero-order valence-electron chi connectivity index (χ0n) is 14.6. The lowest BCUT2D eigenvalue weighted by Gasteiger charge is -2.18. The van der Waals surface area contributed by atoms with Crippen molar-refractivity contribution in [2.75, 3.05) is 10.6 Å². The highest BCUT2D eigenvalue weighted by atomic mass is 35.5. The Balaban J connectivity index is 1.77. The first-order chi connectivity index (χ1) is 11.8. The highest BCUT2D eigenvalue weighted by Crippen LogP contribution is 2.48. The van der Waals surface area contributed by atoms with E-state index in [0.29, 0.717) is 23.6 Å². The molecular weight excluding hydrogens is 336 g/mol. The fraction of sp³-hybridized carbons (Fsp3) is 0.300. The summed E-state index contributed by atoms with van der Waals surface area (Å²) in [5.41, 5.74) is 3.42. The Morgan fingerprint density at radius 3 is 2.20 bits per heavy atom. The van der Waals surface area contributed by atoms with Crippen LogP contribution in [0.4, 0.5) is 11.4 Å². The normalized spacial score (nSPS) is 14.7. The number of hydrogen-bond donors (Lipinski definition) is 2. The summed E-state index contributed by atoms with van der Waals surface area (Å²) in [6, 6.07) is 11.1. The molecule has 1 fully saturated rings. The van der Waals surface area contributed by atoms with Crippen molar-refractivity contribution in [2.45, 2.75) is 33.6 Å². The second kappa shape index (κ2) is 6.52. The molecule has 0 aliphatic heterocycles. The average Bonchev–Trinajstić information content (AvgIpc) is 3.37. The zero-order chi connectivity index (χ0) is 18.2. The van der Waals surface area contributed by atoms with Crippen molar-refractivity contribution in [3.8, 4) is 0 Å². The van der Waals surface area contributed by atoms with E-state index in [4.69, 9.17) is 11.6 Å². The van der Waals surface area contributed by atoms with Crippen LogP contribution in [0.15, 0.2) is 36.4 Å². The van der Waals surface area contributed by atoms with Crippen molar-refractivity contribution in [2.24, 2.45) is 5.41 Å². The van der Waals surface area contributed by atoms with Gasteiger partial charge in [-0.3, -0.25) is 9.59 Å². The number of halogens is 1. The molecule has 2 aromatic carbocycles. The van der Waals surface area contributed by atoms with Gasteiger partial charge in [-0.1, -0.05) is 29.8 Å². The first-order valence-corrected chi connectivity index (χ1v) is 8.66. The van der Waals surface area contributed by atoms with Crippen LogP contribution in [0.5, 0.6) is 0 Å². The van der Waals surface area contributed by atoms with Crippen molar-refractivity contribution >= 4 is 34.8 Å². The molecule has 0 spiro atoms. The fourth-order valence-electron chi connectivity index (χ4n) is 2.78.